The molecular weight excluding hydrogens is 873 g/mol. The number of rotatable bonds is 8. The zero-order chi connectivity index (χ0) is 42.7. The lowest BCUT2D eigenvalue weighted by molar-refractivity contribution is 0.0178. The highest BCUT2D eigenvalue weighted by Gasteiger charge is 2.40. The lowest BCUT2D eigenvalue weighted by Gasteiger charge is -2.19. The van der Waals surface area contributed by atoms with Crippen molar-refractivity contribution in [1.29, 1.82) is 0 Å². The van der Waals surface area contributed by atoms with Gasteiger partial charge in [-0.25, -0.2) is 0 Å². The first kappa shape index (κ1) is 34.8. The van der Waals surface area contributed by atoms with Gasteiger partial charge in [0.25, 0.3) is 0 Å². The Labute approximate surface area is 404 Å². The molecule has 0 fully saturated rings. The molecule has 0 amide bonds. The van der Waals surface area contributed by atoms with E-state index in [1.54, 1.807) is 0 Å². The summed E-state index contributed by atoms with van der Waals surface area (Å²) in [7, 11) is 0. The van der Waals surface area contributed by atoms with Gasteiger partial charge in [-0.3, -0.25) is 0 Å². The largest absolute Gasteiger partial charge is 0.483 e. The van der Waals surface area contributed by atoms with Crippen LogP contribution in [0.1, 0.15) is 23.7 Å². The van der Waals surface area contributed by atoms with Crippen LogP contribution in [0.2, 0.25) is 0 Å². The van der Waals surface area contributed by atoms with E-state index in [0.29, 0.717) is 66.5 Å². The molecule has 66 heavy (non-hydrogen) atoms. The van der Waals surface area contributed by atoms with E-state index in [2.05, 4.69) is 97.1 Å². The molecule has 1 heterocycles. The van der Waals surface area contributed by atoms with Crippen LogP contribution in [0.4, 0.5) is 0 Å². The number of fused-ring (bicyclic) bond motifs is 8. The van der Waals surface area contributed by atoms with E-state index in [1.807, 2.05) is 0 Å². The maximum Gasteiger partial charge on any atom is 0.413 e. The Hall–Kier alpha value is -5.45. The van der Waals surface area contributed by atoms with Crippen molar-refractivity contribution < 1.29 is 15.2 Å². The van der Waals surface area contributed by atoms with Gasteiger partial charge in [0.2, 0.25) is 0 Å². The Bertz CT molecular complexity index is 4830. The van der Waals surface area contributed by atoms with Crippen LogP contribution in [0, 0.1) is 0 Å². The summed E-state index contributed by atoms with van der Waals surface area (Å²) >= 11 is 2.36. The van der Waals surface area contributed by atoms with Crippen LogP contribution in [0.15, 0.2) is 97.1 Å². The molecule has 6 nitrogen and oxygen atoms in total. The van der Waals surface area contributed by atoms with Crippen LogP contribution >= 0.6 is 0 Å². The van der Waals surface area contributed by atoms with Crippen LogP contribution in [-0.2, 0) is 15.2 Å². The third-order valence-corrected chi connectivity index (χ3v) is 18.9. The summed E-state index contributed by atoms with van der Waals surface area (Å²) in [4.78, 5) is 0. The van der Waals surface area contributed by atoms with Crippen LogP contribution in [0.25, 0.3) is 195 Å². The number of hydrogen-bond acceptors (Lipinski definition) is 6. The summed E-state index contributed by atoms with van der Waals surface area (Å²) in [5.41, 5.74) is 5.89. The fourth-order valence-corrected chi connectivity index (χ4v) is 17.8. The second-order valence-electron chi connectivity index (χ2n) is 19.4. The SMILES string of the molecule is [AlH2][O]C([O][AlH2])c1ccc(-c2nnc(-c3ccc(C([O][AlH2])[O][AlH2])cc3)c3c2c2c4ccc5c6ccc7c8ccc9c%10ccc%11c3c3c2c2c4c5c4c6c7c5c8c9c6c%10c%11c3c3c6c5c4c23)cc1. The van der Waals surface area contributed by atoms with Crippen LogP contribution in [0.3, 0.4) is 0 Å². The summed E-state index contributed by atoms with van der Waals surface area (Å²) in [5.74, 6) is 0. The zero-order valence-electron chi connectivity index (χ0n) is 35.9. The number of aromatic nitrogens is 2. The fourth-order valence-electron chi connectivity index (χ4n) is 15.2. The molecule has 1 aromatic heterocycles. The molecule has 0 N–H and O–H groups in total. The van der Waals surface area contributed by atoms with Crippen LogP contribution < -0.4 is 0 Å². The minimum atomic E-state index is -0.345. The first-order chi connectivity index (χ1) is 32.6. The Kier molecular flexibility index (Phi) is 5.77. The van der Waals surface area contributed by atoms with E-state index in [4.69, 9.17) is 25.4 Å². The maximum absolute atomic E-state index is 5.87. The minimum Gasteiger partial charge on any atom is -0.483 e. The minimum absolute atomic E-state index is 0.345. The molecule has 296 valence electrons. The van der Waals surface area contributed by atoms with Crippen molar-refractivity contribution in [1.82, 2.24) is 10.2 Å². The number of benzene rings is 12. The highest BCUT2D eigenvalue weighted by Crippen LogP contribution is 2.69. The lowest BCUT2D eigenvalue weighted by atomic mass is 9.88. The highest BCUT2D eigenvalue weighted by atomic mass is 27.1. The molecule has 0 radical (unpaired) electrons. The van der Waals surface area contributed by atoms with Gasteiger partial charge in [-0.2, -0.15) is 0 Å². The zero-order valence-corrected chi connectivity index (χ0v) is 43.9. The molecular formula is C56H26Al4N2O4. The molecule has 0 atom stereocenters. The number of nitrogens with zero attached hydrogens (tertiary/aromatic N) is 2. The molecule has 0 aliphatic heterocycles. The van der Waals surface area contributed by atoms with Gasteiger partial charge < -0.3 is 15.2 Å². The molecule has 19 rings (SSSR count). The van der Waals surface area contributed by atoms with Crippen molar-refractivity contribution in [2.75, 3.05) is 0 Å². The molecule has 0 unspecified atom stereocenters. The van der Waals surface area contributed by atoms with E-state index in [0.717, 1.165) is 33.6 Å². The lowest BCUT2D eigenvalue weighted by Crippen LogP contribution is -2.05. The summed E-state index contributed by atoms with van der Waals surface area (Å²) < 4.78 is 23.5. The summed E-state index contributed by atoms with van der Waals surface area (Å²) in [6.07, 6.45) is -0.689. The van der Waals surface area contributed by atoms with E-state index in [9.17, 15) is 0 Å². The van der Waals surface area contributed by atoms with Crippen molar-refractivity contribution in [2.45, 2.75) is 12.6 Å². The van der Waals surface area contributed by atoms with Crippen LogP contribution in [-0.4, -0.2) is 76.7 Å². The normalized spacial score (nSPS) is 14.2. The topological polar surface area (TPSA) is 62.7 Å². The van der Waals surface area contributed by atoms with Gasteiger partial charge in [0.05, 0.1) is 0 Å². The Balaban J connectivity index is 1.14. The predicted molar refractivity (Wildman–Crippen MR) is 282 cm³/mol. The van der Waals surface area contributed by atoms with Crippen molar-refractivity contribution in [3.63, 3.8) is 0 Å². The summed E-state index contributed by atoms with van der Waals surface area (Å²) in [6.45, 7) is 0. The quantitative estimate of drug-likeness (QED) is 0.0655. The third kappa shape index (κ3) is 3.27. The van der Waals surface area contributed by atoms with Gasteiger partial charge in [0.15, 0.2) is 0 Å². The summed E-state index contributed by atoms with van der Waals surface area (Å²) in [5, 5.41) is 55.7. The van der Waals surface area contributed by atoms with Crippen molar-refractivity contribution in [3.05, 3.63) is 108 Å². The second kappa shape index (κ2) is 10.9. The average Bonchev–Trinajstić information content (AvgIpc) is 4.20. The smallest absolute Gasteiger partial charge is 0.413 e. The Morgan fingerprint density at radius 3 is 0.727 bits per heavy atom. The fraction of sp³-hybridized carbons (Fsp3) is 0.0357. The molecule has 0 saturated carbocycles. The standard InChI is InChI=1S/C56H18N2O4.4Al.8H/c59-55(60)19-5-1-17(2-6-19)53-51-37-27-15-13-25-23-11-9-21-22-10-12-24-26-14-16-28-36-34(26)41-32(24)30(22)39-29(21)31(23)40-33(25)35(27)42-44(37)45(43(36)50-48(41)46(39)47(40)49(42)50)38(28)52(51)54(58-57-53)18-3-7-20(8-4-18)56(61)62;;;;;;;;;;;;/h1-16,55-56H;;;;;;;;;;;;/q-4;4*+1;;;;;;;;. The molecule has 0 spiro atoms. The monoisotopic (exact) mass is 898 g/mol. The molecule has 0 bridgehead atoms. The first-order valence-electron chi connectivity index (χ1n) is 22.8. The van der Waals surface area contributed by atoms with E-state index in [-0.39, 0.29) is 12.6 Å². The molecule has 0 saturated heterocycles. The van der Waals surface area contributed by atoms with Gasteiger partial charge in [0.1, 0.15) is 24.0 Å². The molecule has 19 aromatic rings. The van der Waals surface area contributed by atoms with Crippen molar-refractivity contribution in [3.8, 4) is 22.5 Å². The second-order valence-corrected chi connectivity index (χ2v) is 21.3. The Morgan fingerprint density at radius 2 is 0.455 bits per heavy atom. The number of hydrogen-bond donors (Lipinski definition) is 0. The van der Waals surface area contributed by atoms with Gasteiger partial charge in [-0.15, -0.1) is 10.2 Å². The third-order valence-electron chi connectivity index (χ3n) is 17.2. The Morgan fingerprint density at radius 1 is 0.242 bits per heavy atom. The van der Waals surface area contributed by atoms with Gasteiger partial charge in [-0.05, 0) is 140 Å². The predicted octanol–water partition coefficient (Wildman–Crippen LogP) is 11.2. The molecule has 0 aliphatic rings. The van der Waals surface area contributed by atoms with Crippen molar-refractivity contribution >= 4 is 239 Å². The van der Waals surface area contributed by atoms with Crippen molar-refractivity contribution in [2.24, 2.45) is 0 Å². The average molecular weight is 899 g/mol. The highest BCUT2D eigenvalue weighted by molar-refractivity contribution is 6.71. The van der Waals surface area contributed by atoms with Gasteiger partial charge in [-0.1, -0.05) is 97.1 Å². The van der Waals surface area contributed by atoms with Gasteiger partial charge in [0, 0.05) is 54.6 Å². The van der Waals surface area contributed by atoms with E-state index in [1.165, 1.54) is 172 Å². The van der Waals surface area contributed by atoms with Crippen LogP contribution in [0.5, 0.6) is 0 Å². The van der Waals surface area contributed by atoms with E-state index >= 15 is 0 Å². The van der Waals surface area contributed by atoms with E-state index < -0.39 is 0 Å². The molecule has 0 aliphatic carbocycles. The molecule has 18 aromatic carbocycles. The first-order valence-corrected chi connectivity index (χ1v) is 26.1. The van der Waals surface area contributed by atoms with Gasteiger partial charge >= 0.3 is 66.5 Å². The molecule has 10 heteroatoms. The summed E-state index contributed by atoms with van der Waals surface area (Å²) in [6, 6.07) is 37.0. The maximum atomic E-state index is 5.87.